The van der Waals surface area contributed by atoms with E-state index in [1.54, 1.807) is 6.08 Å². The van der Waals surface area contributed by atoms with Gasteiger partial charge in [0.1, 0.15) is 6.10 Å². The van der Waals surface area contributed by atoms with E-state index in [9.17, 15) is 9.59 Å². The first-order chi connectivity index (χ1) is 8.08. The number of carbonyl (C=O) groups is 2. The first-order valence-corrected chi connectivity index (χ1v) is 6.19. The van der Waals surface area contributed by atoms with Gasteiger partial charge in [0, 0.05) is 17.4 Å². The van der Waals surface area contributed by atoms with Gasteiger partial charge in [0.15, 0.2) is 5.78 Å². The lowest BCUT2D eigenvalue weighted by atomic mass is 9.82. The fourth-order valence-electron chi connectivity index (χ4n) is 3.49. The summed E-state index contributed by atoms with van der Waals surface area (Å²) in [6.45, 7) is 5.96. The van der Waals surface area contributed by atoms with Gasteiger partial charge in [-0.05, 0) is 30.8 Å². The Morgan fingerprint density at radius 1 is 1.29 bits per heavy atom. The third-order valence-corrected chi connectivity index (χ3v) is 4.50. The Labute approximate surface area is 101 Å². The summed E-state index contributed by atoms with van der Waals surface area (Å²) in [5.41, 5.74) is 0.558. The highest BCUT2D eigenvalue weighted by atomic mass is 16.6. The molecular formula is C14H16O3. The Kier molecular flexibility index (Phi) is 2.25. The van der Waals surface area contributed by atoms with Crippen molar-refractivity contribution in [3.63, 3.8) is 0 Å². The van der Waals surface area contributed by atoms with Gasteiger partial charge < -0.3 is 4.74 Å². The first kappa shape index (κ1) is 10.8. The highest BCUT2D eigenvalue weighted by molar-refractivity contribution is 5.95. The largest absolute Gasteiger partial charge is 0.458 e. The maximum atomic E-state index is 11.8. The van der Waals surface area contributed by atoms with Gasteiger partial charge in [-0.25, -0.2) is 4.79 Å². The van der Waals surface area contributed by atoms with Crippen molar-refractivity contribution < 1.29 is 14.3 Å². The van der Waals surface area contributed by atoms with E-state index in [1.165, 1.54) is 0 Å². The lowest BCUT2D eigenvalue weighted by Crippen LogP contribution is -2.21. The number of hydrogen-bond acceptors (Lipinski definition) is 3. The van der Waals surface area contributed by atoms with Crippen LogP contribution in [0.5, 0.6) is 0 Å². The molecule has 2 fully saturated rings. The molecule has 3 rings (SSSR count). The summed E-state index contributed by atoms with van der Waals surface area (Å²) in [6, 6.07) is 0. The molecule has 3 heteroatoms. The predicted molar refractivity (Wildman–Crippen MR) is 62.0 cm³/mol. The SMILES string of the molecule is C=C1C(=O)O[C@@H]2C[C@H](C)[C@@H]3C=CC(=O)[C@@H]3C[C@H]12. The summed E-state index contributed by atoms with van der Waals surface area (Å²) in [5, 5.41) is 0. The smallest absolute Gasteiger partial charge is 0.334 e. The predicted octanol–water partition coefficient (Wildman–Crippen LogP) is 1.89. The first-order valence-electron chi connectivity index (χ1n) is 6.19. The minimum Gasteiger partial charge on any atom is -0.458 e. The van der Waals surface area contributed by atoms with E-state index >= 15 is 0 Å². The van der Waals surface area contributed by atoms with E-state index in [2.05, 4.69) is 13.5 Å². The molecule has 0 spiro atoms. The van der Waals surface area contributed by atoms with Gasteiger partial charge in [-0.2, -0.15) is 0 Å². The van der Waals surface area contributed by atoms with Crippen LogP contribution in [0.1, 0.15) is 19.8 Å². The molecule has 2 aliphatic carbocycles. The second-order valence-electron chi connectivity index (χ2n) is 5.47. The Balaban J connectivity index is 1.92. The van der Waals surface area contributed by atoms with Gasteiger partial charge in [0.05, 0.1) is 0 Å². The maximum absolute atomic E-state index is 11.8. The second-order valence-corrected chi connectivity index (χ2v) is 5.47. The van der Waals surface area contributed by atoms with Gasteiger partial charge in [-0.15, -0.1) is 0 Å². The average Bonchev–Trinajstić information content (AvgIpc) is 2.71. The van der Waals surface area contributed by atoms with Crippen LogP contribution >= 0.6 is 0 Å². The van der Waals surface area contributed by atoms with Crippen LogP contribution in [0.25, 0.3) is 0 Å². The molecule has 17 heavy (non-hydrogen) atoms. The lowest BCUT2D eigenvalue weighted by Gasteiger charge is -2.21. The molecule has 0 aromatic rings. The fraction of sp³-hybridized carbons (Fsp3) is 0.571. The van der Waals surface area contributed by atoms with E-state index in [-0.39, 0.29) is 29.7 Å². The van der Waals surface area contributed by atoms with Crippen LogP contribution in [0.2, 0.25) is 0 Å². The number of allylic oxidation sites excluding steroid dienone is 2. The molecule has 1 saturated carbocycles. The zero-order valence-electron chi connectivity index (χ0n) is 9.89. The van der Waals surface area contributed by atoms with E-state index in [0.29, 0.717) is 17.4 Å². The third kappa shape index (κ3) is 1.48. The fourth-order valence-corrected chi connectivity index (χ4v) is 3.49. The molecule has 0 aromatic carbocycles. The Morgan fingerprint density at radius 3 is 2.82 bits per heavy atom. The molecule has 0 N–H and O–H groups in total. The molecule has 0 radical (unpaired) electrons. The van der Waals surface area contributed by atoms with E-state index in [4.69, 9.17) is 4.74 Å². The van der Waals surface area contributed by atoms with Crippen LogP contribution in [0.3, 0.4) is 0 Å². The minimum absolute atomic E-state index is 0.0336. The van der Waals surface area contributed by atoms with Crippen molar-refractivity contribution in [2.45, 2.75) is 25.9 Å². The molecule has 1 saturated heterocycles. The summed E-state index contributed by atoms with van der Waals surface area (Å²) in [7, 11) is 0. The number of hydrogen-bond donors (Lipinski definition) is 0. The normalized spacial score (nSPS) is 44.3. The Bertz CT molecular complexity index is 435. The van der Waals surface area contributed by atoms with Crippen LogP contribution in [-0.4, -0.2) is 17.9 Å². The zero-order valence-corrected chi connectivity index (χ0v) is 9.89. The molecule has 90 valence electrons. The molecule has 3 aliphatic rings. The van der Waals surface area contributed by atoms with Crippen LogP contribution in [0.4, 0.5) is 0 Å². The van der Waals surface area contributed by atoms with E-state index in [0.717, 1.165) is 12.8 Å². The number of ether oxygens (including phenoxy) is 1. The van der Waals surface area contributed by atoms with Crippen LogP contribution < -0.4 is 0 Å². The number of ketones is 1. The number of fused-ring (bicyclic) bond motifs is 2. The summed E-state index contributed by atoms with van der Waals surface area (Å²) >= 11 is 0. The summed E-state index contributed by atoms with van der Waals surface area (Å²) < 4.78 is 5.35. The number of carbonyl (C=O) groups excluding carboxylic acids is 2. The molecule has 0 amide bonds. The van der Waals surface area contributed by atoms with E-state index < -0.39 is 0 Å². The van der Waals surface area contributed by atoms with Gasteiger partial charge in [0.2, 0.25) is 0 Å². The summed E-state index contributed by atoms with van der Waals surface area (Å²) in [4.78, 5) is 23.4. The molecule has 5 atom stereocenters. The molecule has 3 nitrogen and oxygen atoms in total. The van der Waals surface area contributed by atoms with Crippen molar-refractivity contribution in [3.05, 3.63) is 24.3 Å². The van der Waals surface area contributed by atoms with Crippen molar-refractivity contribution in [1.29, 1.82) is 0 Å². The molecule has 0 bridgehead atoms. The van der Waals surface area contributed by atoms with Crippen molar-refractivity contribution in [2.24, 2.45) is 23.7 Å². The summed E-state index contributed by atoms with van der Waals surface area (Å²) in [6.07, 6.45) is 5.23. The van der Waals surface area contributed by atoms with Crippen LogP contribution in [0.15, 0.2) is 24.3 Å². The maximum Gasteiger partial charge on any atom is 0.334 e. The quantitative estimate of drug-likeness (QED) is 0.473. The zero-order chi connectivity index (χ0) is 12.2. The highest BCUT2D eigenvalue weighted by Crippen LogP contribution is 2.46. The lowest BCUT2D eigenvalue weighted by molar-refractivity contribution is -0.139. The Hall–Kier alpha value is -1.38. The third-order valence-electron chi connectivity index (χ3n) is 4.50. The van der Waals surface area contributed by atoms with Gasteiger partial charge >= 0.3 is 5.97 Å². The van der Waals surface area contributed by atoms with Crippen LogP contribution in [-0.2, 0) is 14.3 Å². The molecular weight excluding hydrogens is 216 g/mol. The molecule has 1 aliphatic heterocycles. The molecule has 0 aromatic heterocycles. The van der Waals surface area contributed by atoms with Gasteiger partial charge in [-0.1, -0.05) is 19.6 Å². The van der Waals surface area contributed by atoms with Gasteiger partial charge in [0.25, 0.3) is 0 Å². The standard InChI is InChI=1S/C14H16O3/c1-7-5-13-10(8(2)14(16)17-13)6-11-9(7)3-4-12(11)15/h3-4,7,9-11,13H,2,5-6H2,1H3/t7-,9-,10+,11+,13+/m0/s1. The number of rotatable bonds is 0. The molecule has 1 heterocycles. The number of esters is 1. The van der Waals surface area contributed by atoms with Crippen molar-refractivity contribution in [1.82, 2.24) is 0 Å². The Morgan fingerprint density at radius 2 is 2.06 bits per heavy atom. The van der Waals surface area contributed by atoms with Crippen molar-refractivity contribution in [2.75, 3.05) is 0 Å². The van der Waals surface area contributed by atoms with Crippen molar-refractivity contribution >= 4 is 11.8 Å². The monoisotopic (exact) mass is 232 g/mol. The average molecular weight is 232 g/mol. The minimum atomic E-state index is -0.274. The second kappa shape index (κ2) is 3.56. The summed E-state index contributed by atoms with van der Waals surface area (Å²) in [5.74, 6) is 0.713. The van der Waals surface area contributed by atoms with E-state index in [1.807, 2.05) is 6.08 Å². The van der Waals surface area contributed by atoms with Crippen molar-refractivity contribution in [3.8, 4) is 0 Å². The molecule has 0 unspecified atom stereocenters. The van der Waals surface area contributed by atoms with Gasteiger partial charge in [-0.3, -0.25) is 4.79 Å². The highest BCUT2D eigenvalue weighted by Gasteiger charge is 2.47. The topological polar surface area (TPSA) is 43.4 Å². The van der Waals surface area contributed by atoms with Crippen LogP contribution in [0, 0.1) is 23.7 Å².